The van der Waals surface area contributed by atoms with Crippen LogP contribution in [0.25, 0.3) is 10.1 Å². The summed E-state index contributed by atoms with van der Waals surface area (Å²) in [5, 5.41) is 1.15. The first-order chi connectivity index (χ1) is 9.28. The Morgan fingerprint density at radius 3 is 2.89 bits per heavy atom. The fraction of sp³-hybridized carbons (Fsp3) is 0.533. The van der Waals surface area contributed by atoms with Gasteiger partial charge in [-0.3, -0.25) is 0 Å². The zero-order valence-electron chi connectivity index (χ0n) is 11.2. The Morgan fingerprint density at radius 1 is 1.37 bits per heavy atom. The smallest absolute Gasteiger partial charge is 0.124 e. The molecular formula is C15H19FN2S. The summed E-state index contributed by atoms with van der Waals surface area (Å²) in [5.74, 6) is 0.382. The van der Waals surface area contributed by atoms with Crippen molar-refractivity contribution in [3.8, 4) is 0 Å². The second-order valence-corrected chi connectivity index (χ2v) is 6.13. The van der Waals surface area contributed by atoms with Crippen LogP contribution in [0.3, 0.4) is 0 Å². The predicted octanol–water partition coefficient (Wildman–Crippen LogP) is 4.02. The van der Waals surface area contributed by atoms with Crippen LogP contribution in [0.5, 0.6) is 0 Å². The average molecular weight is 278 g/mol. The van der Waals surface area contributed by atoms with Gasteiger partial charge in [0.15, 0.2) is 0 Å². The maximum absolute atomic E-state index is 13.2. The summed E-state index contributed by atoms with van der Waals surface area (Å²) < 4.78 is 18.8. The highest BCUT2D eigenvalue weighted by Gasteiger charge is 2.23. The summed E-state index contributed by atoms with van der Waals surface area (Å²) in [7, 11) is 0. The van der Waals surface area contributed by atoms with E-state index >= 15 is 0 Å². The Labute approximate surface area is 117 Å². The average Bonchev–Trinajstić information content (AvgIpc) is 2.83. The molecule has 0 spiro atoms. The maximum atomic E-state index is 13.2. The molecule has 1 saturated heterocycles. The minimum absolute atomic E-state index is 0.166. The topological polar surface area (TPSA) is 16.1 Å². The van der Waals surface area contributed by atoms with Crippen molar-refractivity contribution in [3.63, 3.8) is 0 Å². The highest BCUT2D eigenvalue weighted by Crippen LogP contribution is 2.34. The highest BCUT2D eigenvalue weighted by molar-refractivity contribution is 7.13. The summed E-state index contributed by atoms with van der Waals surface area (Å²) in [4.78, 5) is 2.53. The Kier molecular flexibility index (Phi) is 3.80. The number of hydrogen-bond acceptors (Lipinski definition) is 3. The molecule has 2 heterocycles. The molecule has 0 radical (unpaired) electrons. The van der Waals surface area contributed by atoms with E-state index in [1.807, 2.05) is 6.07 Å². The molecule has 0 bridgehead atoms. The molecule has 0 aliphatic carbocycles. The molecule has 0 unspecified atom stereocenters. The first kappa shape index (κ1) is 13.0. The molecule has 2 nitrogen and oxygen atoms in total. The number of piperidine rings is 1. The first-order valence-electron chi connectivity index (χ1n) is 7.05. The van der Waals surface area contributed by atoms with Crippen LogP contribution in [-0.4, -0.2) is 28.9 Å². The van der Waals surface area contributed by atoms with Gasteiger partial charge in [-0.15, -0.1) is 0 Å². The van der Waals surface area contributed by atoms with E-state index in [4.69, 9.17) is 0 Å². The molecule has 102 valence electrons. The van der Waals surface area contributed by atoms with Crippen molar-refractivity contribution in [1.82, 2.24) is 9.27 Å². The van der Waals surface area contributed by atoms with Crippen molar-refractivity contribution in [2.24, 2.45) is 0 Å². The van der Waals surface area contributed by atoms with Gasteiger partial charge >= 0.3 is 0 Å². The molecule has 0 N–H and O–H groups in total. The number of fused-ring (bicyclic) bond motifs is 1. The first-order valence-corrected chi connectivity index (χ1v) is 7.82. The van der Waals surface area contributed by atoms with E-state index in [1.165, 1.54) is 56.1 Å². The van der Waals surface area contributed by atoms with Gasteiger partial charge in [0.1, 0.15) is 5.82 Å². The minimum Gasteiger partial charge on any atom is -0.303 e. The molecule has 2 aromatic rings. The van der Waals surface area contributed by atoms with E-state index in [0.29, 0.717) is 5.92 Å². The molecule has 0 atom stereocenters. The summed E-state index contributed by atoms with van der Waals surface area (Å²) in [5.41, 5.74) is 1.19. The van der Waals surface area contributed by atoms with Crippen molar-refractivity contribution in [2.45, 2.75) is 32.1 Å². The standard InChI is InChI=1S/C15H19FN2S/c1-2-7-18-8-5-11(6-9-18)15-13-4-3-12(16)10-14(13)19-17-15/h3-4,10-11H,2,5-9H2,1H3. The van der Waals surface area contributed by atoms with Crippen LogP contribution in [0.1, 0.15) is 37.8 Å². The van der Waals surface area contributed by atoms with E-state index in [2.05, 4.69) is 16.2 Å². The van der Waals surface area contributed by atoms with Gasteiger partial charge in [0.25, 0.3) is 0 Å². The summed E-state index contributed by atoms with van der Waals surface area (Å²) >= 11 is 1.43. The van der Waals surface area contributed by atoms with E-state index in [-0.39, 0.29) is 5.82 Å². The predicted molar refractivity (Wildman–Crippen MR) is 78.3 cm³/mol. The van der Waals surface area contributed by atoms with Crippen molar-refractivity contribution >= 4 is 21.6 Å². The van der Waals surface area contributed by atoms with E-state index in [9.17, 15) is 4.39 Å². The molecular weight excluding hydrogens is 259 g/mol. The van der Waals surface area contributed by atoms with Gasteiger partial charge in [-0.1, -0.05) is 6.92 Å². The Balaban J connectivity index is 1.78. The Morgan fingerprint density at radius 2 is 2.16 bits per heavy atom. The van der Waals surface area contributed by atoms with Gasteiger partial charge in [0.05, 0.1) is 10.4 Å². The van der Waals surface area contributed by atoms with Crippen LogP contribution in [0.15, 0.2) is 18.2 Å². The van der Waals surface area contributed by atoms with Crippen molar-refractivity contribution in [3.05, 3.63) is 29.7 Å². The second kappa shape index (κ2) is 5.55. The third kappa shape index (κ3) is 2.65. The molecule has 0 amide bonds. The Bertz CT molecular complexity index is 558. The maximum Gasteiger partial charge on any atom is 0.124 e. The number of rotatable bonds is 3. The fourth-order valence-electron chi connectivity index (χ4n) is 2.97. The van der Waals surface area contributed by atoms with Gasteiger partial charge in [0, 0.05) is 11.3 Å². The van der Waals surface area contributed by atoms with Crippen molar-refractivity contribution in [2.75, 3.05) is 19.6 Å². The number of hydrogen-bond donors (Lipinski definition) is 0. The van der Waals surface area contributed by atoms with Gasteiger partial charge < -0.3 is 4.90 Å². The summed E-state index contributed by atoms with van der Waals surface area (Å²) in [6.07, 6.45) is 3.58. The molecule has 19 heavy (non-hydrogen) atoms. The molecule has 1 fully saturated rings. The lowest BCUT2D eigenvalue weighted by Crippen LogP contribution is -2.33. The van der Waals surface area contributed by atoms with Crippen LogP contribution < -0.4 is 0 Å². The monoisotopic (exact) mass is 278 g/mol. The minimum atomic E-state index is -0.166. The van der Waals surface area contributed by atoms with Crippen LogP contribution in [0.4, 0.5) is 4.39 Å². The summed E-state index contributed by atoms with van der Waals surface area (Å²) in [6, 6.07) is 5.04. The molecule has 3 rings (SSSR count). The van der Waals surface area contributed by atoms with Crippen molar-refractivity contribution < 1.29 is 4.39 Å². The quantitative estimate of drug-likeness (QED) is 0.843. The van der Waals surface area contributed by atoms with Gasteiger partial charge in [-0.25, -0.2) is 4.39 Å². The second-order valence-electron chi connectivity index (χ2n) is 5.32. The lowest BCUT2D eigenvalue weighted by molar-refractivity contribution is 0.212. The lowest BCUT2D eigenvalue weighted by atomic mass is 9.91. The Hall–Kier alpha value is -1.00. The number of likely N-dealkylation sites (tertiary alicyclic amines) is 1. The normalized spacial score (nSPS) is 18.2. The molecule has 1 aliphatic heterocycles. The lowest BCUT2D eigenvalue weighted by Gasteiger charge is -2.31. The van der Waals surface area contributed by atoms with Crippen LogP contribution in [-0.2, 0) is 0 Å². The molecule has 4 heteroatoms. The van der Waals surface area contributed by atoms with Gasteiger partial charge in [-0.05, 0) is 68.6 Å². The molecule has 1 aromatic heterocycles. The fourth-order valence-corrected chi connectivity index (χ4v) is 3.85. The third-order valence-corrected chi connectivity index (χ3v) is 4.80. The number of nitrogens with zero attached hydrogens (tertiary/aromatic N) is 2. The third-order valence-electron chi connectivity index (χ3n) is 3.98. The molecule has 1 aromatic carbocycles. The SMILES string of the molecule is CCCN1CCC(c2nsc3cc(F)ccc23)CC1. The van der Waals surface area contributed by atoms with Gasteiger partial charge in [-0.2, -0.15) is 4.37 Å². The zero-order chi connectivity index (χ0) is 13.2. The van der Waals surface area contributed by atoms with Crippen molar-refractivity contribution in [1.29, 1.82) is 0 Å². The van der Waals surface area contributed by atoms with Crippen LogP contribution in [0.2, 0.25) is 0 Å². The largest absolute Gasteiger partial charge is 0.303 e. The number of aromatic nitrogens is 1. The molecule has 1 aliphatic rings. The highest BCUT2D eigenvalue weighted by atomic mass is 32.1. The number of halogens is 1. The van der Waals surface area contributed by atoms with Gasteiger partial charge in [0.2, 0.25) is 0 Å². The summed E-state index contributed by atoms with van der Waals surface area (Å²) in [6.45, 7) is 5.77. The molecule has 0 saturated carbocycles. The van der Waals surface area contributed by atoms with E-state index < -0.39 is 0 Å². The van der Waals surface area contributed by atoms with E-state index in [0.717, 1.165) is 10.1 Å². The van der Waals surface area contributed by atoms with Crippen LogP contribution in [0, 0.1) is 5.82 Å². The van der Waals surface area contributed by atoms with E-state index in [1.54, 1.807) is 12.1 Å². The number of benzene rings is 1. The van der Waals surface area contributed by atoms with Crippen LogP contribution >= 0.6 is 11.5 Å². The zero-order valence-corrected chi connectivity index (χ0v) is 12.0.